The van der Waals surface area contributed by atoms with Gasteiger partial charge in [-0.3, -0.25) is 0 Å². The van der Waals surface area contributed by atoms with Crippen LogP contribution in [0.4, 0.5) is 0 Å². The Kier molecular flexibility index (Phi) is 5.37. The molecule has 0 amide bonds. The molecule has 1 atom stereocenters. The highest BCUT2D eigenvalue weighted by Gasteiger charge is 2.28. The molecule has 5 nitrogen and oxygen atoms in total. The van der Waals surface area contributed by atoms with E-state index in [1.807, 2.05) is 0 Å². The number of aliphatic hydroxyl groups is 1. The summed E-state index contributed by atoms with van der Waals surface area (Å²) in [5, 5.41) is 9.48. The number of sulfonamides is 1. The quantitative estimate of drug-likeness (QED) is 0.894. The van der Waals surface area contributed by atoms with Crippen molar-refractivity contribution in [2.24, 2.45) is 0 Å². The van der Waals surface area contributed by atoms with Crippen LogP contribution < -0.4 is 0 Å². The van der Waals surface area contributed by atoms with E-state index in [0.717, 1.165) is 31.6 Å². The van der Waals surface area contributed by atoms with E-state index in [4.69, 9.17) is 0 Å². The number of nitrogens with zero attached hydrogens (tertiary/aromatic N) is 2. The second kappa shape index (κ2) is 6.87. The molecule has 0 saturated carbocycles. The van der Waals surface area contributed by atoms with Gasteiger partial charge in [0.15, 0.2) is 0 Å². The van der Waals surface area contributed by atoms with E-state index in [9.17, 15) is 13.5 Å². The van der Waals surface area contributed by atoms with Gasteiger partial charge in [-0.05, 0) is 37.6 Å². The first-order valence-electron chi connectivity index (χ1n) is 7.45. The van der Waals surface area contributed by atoms with Crippen molar-refractivity contribution in [2.75, 3.05) is 32.7 Å². The summed E-state index contributed by atoms with van der Waals surface area (Å²) in [5.74, 6) is 0. The molecule has 6 heteroatoms. The van der Waals surface area contributed by atoms with Crippen LogP contribution in [0.3, 0.4) is 0 Å². The molecule has 1 aromatic carbocycles. The average molecular weight is 312 g/mol. The van der Waals surface area contributed by atoms with Gasteiger partial charge in [-0.15, -0.1) is 0 Å². The second-order valence-corrected chi connectivity index (χ2v) is 7.43. The third-order valence-electron chi connectivity index (χ3n) is 3.87. The lowest BCUT2D eigenvalue weighted by Crippen LogP contribution is -2.48. The van der Waals surface area contributed by atoms with Gasteiger partial charge in [0.25, 0.3) is 0 Å². The van der Waals surface area contributed by atoms with Crippen LogP contribution in [-0.2, 0) is 10.0 Å². The van der Waals surface area contributed by atoms with Crippen molar-refractivity contribution in [2.45, 2.75) is 31.3 Å². The summed E-state index contributed by atoms with van der Waals surface area (Å²) in [6, 6.07) is 6.50. The zero-order chi connectivity index (χ0) is 15.5. The van der Waals surface area contributed by atoms with Crippen LogP contribution in [0, 0.1) is 0 Å². The number of benzene rings is 1. The molecule has 1 unspecified atom stereocenters. The number of hydrogen-bond donors (Lipinski definition) is 1. The first-order chi connectivity index (χ1) is 9.95. The predicted molar refractivity (Wildman–Crippen MR) is 82.6 cm³/mol. The molecular weight excluding hydrogens is 288 g/mol. The zero-order valence-corrected chi connectivity index (χ0v) is 13.5. The van der Waals surface area contributed by atoms with Gasteiger partial charge in [0.2, 0.25) is 10.0 Å². The maximum absolute atomic E-state index is 12.6. The van der Waals surface area contributed by atoms with E-state index in [2.05, 4.69) is 11.8 Å². The van der Waals surface area contributed by atoms with E-state index in [1.54, 1.807) is 35.5 Å². The summed E-state index contributed by atoms with van der Waals surface area (Å²) in [6.07, 6.45) is 0.507. The summed E-state index contributed by atoms with van der Waals surface area (Å²) in [5.41, 5.74) is 0.724. The smallest absolute Gasteiger partial charge is 0.243 e. The molecule has 0 aliphatic carbocycles. The molecule has 0 spiro atoms. The van der Waals surface area contributed by atoms with Crippen molar-refractivity contribution in [3.63, 3.8) is 0 Å². The van der Waals surface area contributed by atoms with Crippen molar-refractivity contribution in [3.05, 3.63) is 29.8 Å². The predicted octanol–water partition coefficient (Wildman–Crippen LogP) is 1.46. The van der Waals surface area contributed by atoms with Crippen molar-refractivity contribution in [3.8, 4) is 0 Å². The van der Waals surface area contributed by atoms with E-state index in [1.165, 1.54) is 0 Å². The fourth-order valence-electron chi connectivity index (χ4n) is 2.58. The Hall–Kier alpha value is -0.950. The zero-order valence-electron chi connectivity index (χ0n) is 12.7. The molecule has 1 aromatic rings. The van der Waals surface area contributed by atoms with Crippen molar-refractivity contribution >= 4 is 10.0 Å². The number of piperazine rings is 1. The minimum absolute atomic E-state index is 0.302. The standard InChI is InChI=1S/C15H24N2O3S/c1-3-8-16-9-11-17(12-10-16)21(19,20)15-6-4-14(5-7-15)13(2)18/h4-7,13,18H,3,8-12H2,1-2H3. The van der Waals surface area contributed by atoms with E-state index < -0.39 is 16.1 Å². The Labute approximate surface area is 127 Å². The van der Waals surface area contributed by atoms with Gasteiger partial charge in [0.1, 0.15) is 0 Å². The molecule has 1 heterocycles. The molecular formula is C15H24N2O3S. The molecule has 1 aliphatic rings. The average Bonchev–Trinajstić information content (AvgIpc) is 2.48. The van der Waals surface area contributed by atoms with Crippen molar-refractivity contribution < 1.29 is 13.5 Å². The molecule has 0 aromatic heterocycles. The molecule has 0 bridgehead atoms. The summed E-state index contributed by atoms with van der Waals surface area (Å²) >= 11 is 0. The summed E-state index contributed by atoms with van der Waals surface area (Å²) in [6.45, 7) is 7.49. The number of rotatable bonds is 5. The Morgan fingerprint density at radius 1 is 1.14 bits per heavy atom. The minimum Gasteiger partial charge on any atom is -0.389 e. The van der Waals surface area contributed by atoms with E-state index in [0.29, 0.717) is 18.0 Å². The third kappa shape index (κ3) is 3.83. The fourth-order valence-corrected chi connectivity index (χ4v) is 4.00. The lowest BCUT2D eigenvalue weighted by molar-refractivity contribution is 0.188. The van der Waals surface area contributed by atoms with E-state index in [-0.39, 0.29) is 0 Å². The van der Waals surface area contributed by atoms with Gasteiger partial charge in [-0.25, -0.2) is 8.42 Å². The van der Waals surface area contributed by atoms with Crippen molar-refractivity contribution in [1.82, 2.24) is 9.21 Å². The van der Waals surface area contributed by atoms with Crippen LogP contribution in [0.2, 0.25) is 0 Å². The first-order valence-corrected chi connectivity index (χ1v) is 8.89. The van der Waals surface area contributed by atoms with Crippen LogP contribution in [0.5, 0.6) is 0 Å². The molecule has 1 fully saturated rings. The SMILES string of the molecule is CCCN1CCN(S(=O)(=O)c2ccc(C(C)O)cc2)CC1. The summed E-state index contributed by atoms with van der Waals surface area (Å²) in [7, 11) is -3.42. The lowest BCUT2D eigenvalue weighted by Gasteiger charge is -2.33. The van der Waals surface area contributed by atoms with Gasteiger partial charge < -0.3 is 10.0 Å². The topological polar surface area (TPSA) is 60.9 Å². The lowest BCUT2D eigenvalue weighted by atomic mass is 10.1. The fraction of sp³-hybridized carbons (Fsp3) is 0.600. The van der Waals surface area contributed by atoms with Gasteiger partial charge in [-0.2, -0.15) is 4.31 Å². The second-order valence-electron chi connectivity index (χ2n) is 5.49. The van der Waals surface area contributed by atoms with Crippen molar-refractivity contribution in [1.29, 1.82) is 0 Å². The molecule has 2 rings (SSSR count). The maximum Gasteiger partial charge on any atom is 0.243 e. The van der Waals surface area contributed by atoms with Gasteiger partial charge in [0, 0.05) is 26.2 Å². The molecule has 1 saturated heterocycles. The molecule has 21 heavy (non-hydrogen) atoms. The van der Waals surface area contributed by atoms with Crippen LogP contribution >= 0.6 is 0 Å². The number of hydrogen-bond acceptors (Lipinski definition) is 4. The number of aliphatic hydroxyl groups excluding tert-OH is 1. The van der Waals surface area contributed by atoms with Crippen LogP contribution in [0.1, 0.15) is 31.9 Å². The highest BCUT2D eigenvalue weighted by Crippen LogP contribution is 2.20. The Balaban J connectivity index is 2.08. The highest BCUT2D eigenvalue weighted by atomic mass is 32.2. The van der Waals surface area contributed by atoms with Crippen LogP contribution in [0.15, 0.2) is 29.2 Å². The summed E-state index contributed by atoms with van der Waals surface area (Å²) < 4.78 is 26.7. The summed E-state index contributed by atoms with van der Waals surface area (Å²) in [4.78, 5) is 2.60. The van der Waals surface area contributed by atoms with Gasteiger partial charge >= 0.3 is 0 Å². The van der Waals surface area contributed by atoms with Crippen LogP contribution in [0.25, 0.3) is 0 Å². The Morgan fingerprint density at radius 2 is 1.71 bits per heavy atom. The van der Waals surface area contributed by atoms with E-state index >= 15 is 0 Å². The molecule has 0 radical (unpaired) electrons. The Morgan fingerprint density at radius 3 is 2.19 bits per heavy atom. The van der Waals surface area contributed by atoms with Gasteiger partial charge in [-0.1, -0.05) is 19.1 Å². The molecule has 118 valence electrons. The maximum atomic E-state index is 12.6. The largest absolute Gasteiger partial charge is 0.389 e. The third-order valence-corrected chi connectivity index (χ3v) is 5.78. The monoisotopic (exact) mass is 312 g/mol. The first kappa shape index (κ1) is 16.4. The van der Waals surface area contributed by atoms with Gasteiger partial charge in [0.05, 0.1) is 11.0 Å². The Bertz CT molecular complexity index is 547. The van der Waals surface area contributed by atoms with Crippen LogP contribution in [-0.4, -0.2) is 55.5 Å². The normalized spacial score (nSPS) is 19.6. The highest BCUT2D eigenvalue weighted by molar-refractivity contribution is 7.89. The minimum atomic E-state index is -3.42. The molecule has 1 aliphatic heterocycles. The molecule has 1 N–H and O–H groups in total.